The number of halogens is 2. The highest BCUT2D eigenvalue weighted by Crippen LogP contribution is 2.26. The van der Waals surface area contributed by atoms with Crippen molar-refractivity contribution < 1.29 is 23.2 Å². The molecule has 1 heterocycles. The number of carbonyl (C=O) groups excluding carboxylic acids is 1. The number of nitro groups is 1. The molecule has 148 valence electrons. The van der Waals surface area contributed by atoms with E-state index in [9.17, 15) is 23.7 Å². The van der Waals surface area contributed by atoms with E-state index in [-0.39, 0.29) is 35.7 Å². The topological polar surface area (TPSA) is 75.9 Å². The molecule has 0 N–H and O–H groups in total. The molecular formula is C19H19F2N3O4. The maximum Gasteiger partial charge on any atom is 0.272 e. The minimum Gasteiger partial charge on any atom is -0.484 e. The van der Waals surface area contributed by atoms with Crippen molar-refractivity contribution in [3.8, 4) is 5.75 Å². The lowest BCUT2D eigenvalue weighted by Gasteiger charge is -2.41. The van der Waals surface area contributed by atoms with E-state index in [1.807, 2.05) is 6.92 Å². The molecule has 1 atom stereocenters. The smallest absolute Gasteiger partial charge is 0.272 e. The number of hydrogen-bond acceptors (Lipinski definition) is 5. The third kappa shape index (κ3) is 4.36. The molecule has 0 aromatic heterocycles. The molecule has 1 aliphatic rings. The molecule has 1 fully saturated rings. The molecule has 0 aliphatic carbocycles. The Kier molecular flexibility index (Phi) is 5.72. The summed E-state index contributed by atoms with van der Waals surface area (Å²) in [6.07, 6.45) is 0. The second-order valence-electron chi connectivity index (χ2n) is 6.52. The lowest BCUT2D eigenvalue weighted by molar-refractivity contribution is -0.385. The number of hydrogen-bond donors (Lipinski definition) is 0. The fourth-order valence-corrected chi connectivity index (χ4v) is 3.17. The minimum atomic E-state index is -0.666. The first-order chi connectivity index (χ1) is 13.3. The van der Waals surface area contributed by atoms with Crippen LogP contribution in [-0.4, -0.2) is 48.0 Å². The molecule has 2 aromatic rings. The van der Waals surface area contributed by atoms with E-state index in [0.717, 1.165) is 6.07 Å². The number of rotatable bonds is 5. The molecule has 0 bridgehead atoms. The zero-order valence-corrected chi connectivity index (χ0v) is 15.2. The van der Waals surface area contributed by atoms with E-state index in [1.165, 1.54) is 36.4 Å². The summed E-state index contributed by atoms with van der Waals surface area (Å²) in [6, 6.07) is 8.73. The summed E-state index contributed by atoms with van der Waals surface area (Å²) in [7, 11) is 0. The third-order valence-corrected chi connectivity index (χ3v) is 4.61. The van der Waals surface area contributed by atoms with Crippen LogP contribution < -0.4 is 9.64 Å². The van der Waals surface area contributed by atoms with Gasteiger partial charge in [0.2, 0.25) is 0 Å². The number of nitro benzene ring substituents is 1. The first kappa shape index (κ1) is 19.5. The van der Waals surface area contributed by atoms with Gasteiger partial charge in [0, 0.05) is 31.7 Å². The van der Waals surface area contributed by atoms with Crippen LogP contribution in [0.25, 0.3) is 0 Å². The van der Waals surface area contributed by atoms with E-state index in [1.54, 1.807) is 9.80 Å². The summed E-state index contributed by atoms with van der Waals surface area (Å²) in [6.45, 7) is 2.80. The van der Waals surface area contributed by atoms with E-state index in [4.69, 9.17) is 4.74 Å². The monoisotopic (exact) mass is 391 g/mol. The van der Waals surface area contributed by atoms with Crippen molar-refractivity contribution in [2.75, 3.05) is 31.1 Å². The molecule has 2 aromatic carbocycles. The van der Waals surface area contributed by atoms with Crippen LogP contribution in [-0.2, 0) is 4.79 Å². The quantitative estimate of drug-likeness (QED) is 0.579. The van der Waals surface area contributed by atoms with Crippen LogP contribution in [0.1, 0.15) is 6.92 Å². The number of benzene rings is 2. The maximum atomic E-state index is 14.2. The largest absolute Gasteiger partial charge is 0.484 e. The van der Waals surface area contributed by atoms with E-state index < -0.39 is 10.7 Å². The second kappa shape index (κ2) is 8.20. The normalized spacial score (nSPS) is 16.8. The molecule has 9 heteroatoms. The highest BCUT2D eigenvalue weighted by molar-refractivity contribution is 5.78. The number of ether oxygens (including phenoxy) is 1. The highest BCUT2D eigenvalue weighted by Gasteiger charge is 2.29. The lowest BCUT2D eigenvalue weighted by atomic mass is 10.1. The first-order valence-electron chi connectivity index (χ1n) is 8.72. The predicted octanol–water partition coefficient (Wildman–Crippen LogP) is 2.99. The summed E-state index contributed by atoms with van der Waals surface area (Å²) in [5.74, 6) is -0.877. The van der Waals surface area contributed by atoms with Gasteiger partial charge in [-0.25, -0.2) is 8.78 Å². The Morgan fingerprint density at radius 2 is 1.93 bits per heavy atom. The molecule has 0 unspecified atom stereocenters. The number of amides is 1. The Bertz CT molecular complexity index is 876. The van der Waals surface area contributed by atoms with Gasteiger partial charge < -0.3 is 14.5 Å². The van der Waals surface area contributed by atoms with Gasteiger partial charge in [-0.05, 0) is 37.3 Å². The molecule has 0 radical (unpaired) electrons. The molecule has 28 heavy (non-hydrogen) atoms. The molecule has 0 saturated carbocycles. The van der Waals surface area contributed by atoms with Gasteiger partial charge >= 0.3 is 0 Å². The predicted molar refractivity (Wildman–Crippen MR) is 98.3 cm³/mol. The average Bonchev–Trinajstić information content (AvgIpc) is 2.67. The summed E-state index contributed by atoms with van der Waals surface area (Å²) >= 11 is 0. The van der Waals surface area contributed by atoms with Crippen molar-refractivity contribution in [3.63, 3.8) is 0 Å². The van der Waals surface area contributed by atoms with Gasteiger partial charge in [0.15, 0.2) is 12.4 Å². The van der Waals surface area contributed by atoms with Crippen LogP contribution in [0, 0.1) is 21.7 Å². The molecule has 0 spiro atoms. The summed E-state index contributed by atoms with van der Waals surface area (Å²) < 4.78 is 32.5. The van der Waals surface area contributed by atoms with E-state index in [2.05, 4.69) is 0 Å². The van der Waals surface area contributed by atoms with Gasteiger partial charge in [0.25, 0.3) is 11.6 Å². The molecule has 1 saturated heterocycles. The molecular weight excluding hydrogens is 372 g/mol. The minimum absolute atomic E-state index is 0.179. The number of nitrogens with zero attached hydrogens (tertiary/aromatic N) is 3. The number of piperazine rings is 1. The zero-order valence-electron chi connectivity index (χ0n) is 15.2. The Labute approximate surface area is 160 Å². The van der Waals surface area contributed by atoms with E-state index >= 15 is 0 Å². The first-order valence-corrected chi connectivity index (χ1v) is 8.72. The van der Waals surface area contributed by atoms with Crippen molar-refractivity contribution in [2.45, 2.75) is 13.0 Å². The van der Waals surface area contributed by atoms with Crippen LogP contribution in [0.5, 0.6) is 5.75 Å². The fourth-order valence-electron chi connectivity index (χ4n) is 3.17. The zero-order chi connectivity index (χ0) is 20.3. The summed E-state index contributed by atoms with van der Waals surface area (Å²) in [4.78, 5) is 25.9. The Morgan fingerprint density at radius 3 is 2.54 bits per heavy atom. The van der Waals surface area contributed by atoms with Crippen molar-refractivity contribution in [1.29, 1.82) is 0 Å². The van der Waals surface area contributed by atoms with Gasteiger partial charge in [-0.3, -0.25) is 14.9 Å². The highest BCUT2D eigenvalue weighted by atomic mass is 19.1. The second-order valence-corrected chi connectivity index (χ2v) is 6.52. The Hall–Kier alpha value is -3.23. The summed E-state index contributed by atoms with van der Waals surface area (Å²) in [5.41, 5.74) is -0.0341. The lowest BCUT2D eigenvalue weighted by Crippen LogP contribution is -2.55. The number of non-ortho nitro benzene ring substituents is 1. The number of carbonyl (C=O) groups is 1. The molecule has 1 aliphatic heterocycles. The van der Waals surface area contributed by atoms with Crippen LogP contribution in [0.15, 0.2) is 42.5 Å². The summed E-state index contributed by atoms with van der Waals surface area (Å²) in [5, 5.41) is 10.7. The molecule has 1 amide bonds. The van der Waals surface area contributed by atoms with Crippen molar-refractivity contribution in [2.24, 2.45) is 0 Å². The average molecular weight is 391 g/mol. The van der Waals surface area contributed by atoms with Gasteiger partial charge in [-0.2, -0.15) is 0 Å². The SMILES string of the molecule is C[C@H]1CN(c2ccc([N+](=O)[O-])cc2F)CCN1C(=O)COc1ccc(F)cc1. The van der Waals surface area contributed by atoms with Gasteiger partial charge in [-0.15, -0.1) is 0 Å². The van der Waals surface area contributed by atoms with Crippen molar-refractivity contribution in [3.05, 3.63) is 64.2 Å². The van der Waals surface area contributed by atoms with Crippen molar-refractivity contribution in [1.82, 2.24) is 4.90 Å². The van der Waals surface area contributed by atoms with E-state index in [0.29, 0.717) is 25.4 Å². The van der Waals surface area contributed by atoms with Gasteiger partial charge in [-0.1, -0.05) is 0 Å². The van der Waals surface area contributed by atoms with Gasteiger partial charge in [0.05, 0.1) is 16.7 Å². The van der Waals surface area contributed by atoms with Crippen molar-refractivity contribution >= 4 is 17.3 Å². The maximum absolute atomic E-state index is 14.2. The molecule has 3 rings (SSSR count). The van der Waals surface area contributed by atoms with Crippen LogP contribution in [0.4, 0.5) is 20.2 Å². The fraction of sp³-hybridized carbons (Fsp3) is 0.316. The Morgan fingerprint density at radius 1 is 1.21 bits per heavy atom. The third-order valence-electron chi connectivity index (χ3n) is 4.61. The standard InChI is InChI=1S/C19H19F2N3O4/c1-13-11-22(18-7-4-15(24(26)27)10-17(18)21)8-9-23(13)19(25)12-28-16-5-2-14(20)3-6-16/h2-7,10,13H,8-9,11-12H2,1H3/t13-/m0/s1. The number of anilines is 1. The van der Waals surface area contributed by atoms with Crippen LogP contribution in [0.2, 0.25) is 0 Å². The van der Waals surface area contributed by atoms with Crippen LogP contribution in [0.3, 0.4) is 0 Å². The van der Waals surface area contributed by atoms with Crippen LogP contribution >= 0.6 is 0 Å². The Balaban J connectivity index is 1.59. The van der Waals surface area contributed by atoms with Gasteiger partial charge in [0.1, 0.15) is 11.6 Å². The molecule has 7 nitrogen and oxygen atoms in total.